The van der Waals surface area contributed by atoms with Crippen LogP contribution in [0.3, 0.4) is 0 Å². The molecule has 0 fully saturated rings. The van der Waals surface area contributed by atoms with Crippen LogP contribution in [0, 0.1) is 0 Å². The number of rotatable bonds is 7. The van der Waals surface area contributed by atoms with Gasteiger partial charge in [0, 0.05) is 105 Å². The van der Waals surface area contributed by atoms with Gasteiger partial charge in [0.15, 0.2) is 0 Å². The van der Waals surface area contributed by atoms with E-state index in [0.29, 0.717) is 22.5 Å². The van der Waals surface area contributed by atoms with E-state index in [-0.39, 0.29) is 0 Å². The molecule has 0 saturated heterocycles. The van der Waals surface area contributed by atoms with Crippen LogP contribution in [0.4, 0.5) is 13.2 Å². The van der Waals surface area contributed by atoms with Crippen molar-refractivity contribution in [2.24, 2.45) is 0 Å². The molecule has 0 saturated carbocycles. The largest absolute Gasteiger partial charge is 0.416 e. The number of fused-ring (bicyclic) bond motifs is 18. The van der Waals surface area contributed by atoms with Crippen molar-refractivity contribution in [1.29, 1.82) is 0 Å². The summed E-state index contributed by atoms with van der Waals surface area (Å²) in [5.74, 6) is 0. The monoisotopic (exact) mass is 1210 g/mol. The van der Waals surface area contributed by atoms with Crippen LogP contribution >= 0.6 is 0 Å². The van der Waals surface area contributed by atoms with Crippen LogP contribution in [0.2, 0.25) is 0 Å². The van der Waals surface area contributed by atoms with Gasteiger partial charge in [-0.15, -0.1) is 0 Å². The van der Waals surface area contributed by atoms with Gasteiger partial charge in [0.25, 0.3) is 0 Å². The Kier molecular flexibility index (Phi) is 10.9. The van der Waals surface area contributed by atoms with Crippen LogP contribution < -0.4 is 0 Å². The van der Waals surface area contributed by atoms with Crippen LogP contribution in [-0.4, -0.2) is 32.4 Å². The number of hydrogen-bond acceptors (Lipinski definition) is 1. The first kappa shape index (κ1) is 52.4. The fraction of sp³-hybridized carbons (Fsp3) is 0.0119. The summed E-state index contributed by atoms with van der Waals surface area (Å²) in [4.78, 5) is 4.85. The van der Waals surface area contributed by atoms with Crippen molar-refractivity contribution in [3.05, 3.63) is 309 Å². The number of para-hydroxylation sites is 8. The molecule has 13 aromatic carbocycles. The number of alkyl halides is 3. The summed E-state index contributed by atoms with van der Waals surface area (Å²) < 4.78 is 60.8. The fourth-order valence-electron chi connectivity index (χ4n) is 15.8. The van der Waals surface area contributed by atoms with Crippen LogP contribution in [0.5, 0.6) is 0 Å². The van der Waals surface area contributed by atoms with Gasteiger partial charge in [0.1, 0.15) is 0 Å². The minimum Gasteiger partial charge on any atom is -0.309 e. The van der Waals surface area contributed by atoms with Crippen LogP contribution in [0.15, 0.2) is 304 Å². The molecule has 10 heteroatoms. The number of halogens is 3. The van der Waals surface area contributed by atoms with Gasteiger partial charge in [-0.3, -0.25) is 4.98 Å². The Bertz CT molecular complexity index is 6060. The Morgan fingerprint density at radius 1 is 0.223 bits per heavy atom. The van der Waals surface area contributed by atoms with E-state index in [0.717, 1.165) is 154 Å². The van der Waals surface area contributed by atoms with Gasteiger partial charge in [0.2, 0.25) is 0 Å². The highest BCUT2D eigenvalue weighted by Gasteiger charge is 2.33. The quantitative estimate of drug-likeness (QED) is 0.157. The number of benzene rings is 13. The third-order valence-corrected chi connectivity index (χ3v) is 19.7. The van der Waals surface area contributed by atoms with E-state index >= 15 is 13.2 Å². The van der Waals surface area contributed by atoms with Crippen molar-refractivity contribution < 1.29 is 13.2 Å². The standard InChI is InChI=1S/C84H50F3N7/c85-84(86,87)51-33-38-78(93-79-39-34-52(89-70-25-9-1-17-56(70)57-18-2-10-26-71(57)89)46-66(79)67-47-53(35-40-80(67)93)90-72-27-11-3-19-58(72)59-20-4-12-28-73(59)90)65(45-51)64-43-44-88-50-83(64)94-81-41-36-54(91-74-29-13-5-21-60(74)61-22-6-14-30-75(61)91)48-68(81)69-49-55(37-42-82(69)94)92-76-31-15-7-23-62(76)63-24-8-16-32-77(63)92/h1-50H. The van der Waals surface area contributed by atoms with Crippen molar-refractivity contribution in [2.45, 2.75) is 6.18 Å². The van der Waals surface area contributed by atoms with E-state index in [4.69, 9.17) is 4.98 Å². The van der Waals surface area contributed by atoms with Gasteiger partial charge in [-0.2, -0.15) is 13.2 Å². The lowest BCUT2D eigenvalue weighted by Crippen LogP contribution is -2.08. The molecular weight excluding hydrogens is 1160 g/mol. The van der Waals surface area contributed by atoms with E-state index < -0.39 is 11.7 Å². The molecule has 0 amide bonds. The predicted octanol–water partition coefficient (Wildman–Crippen LogP) is 22.4. The van der Waals surface area contributed by atoms with E-state index in [1.807, 2.05) is 12.3 Å². The molecule has 0 aliphatic rings. The summed E-state index contributed by atoms with van der Waals surface area (Å²) in [7, 11) is 0. The molecule has 442 valence electrons. The molecule has 20 aromatic rings. The molecule has 0 radical (unpaired) electrons. The van der Waals surface area contributed by atoms with Gasteiger partial charge >= 0.3 is 6.18 Å². The van der Waals surface area contributed by atoms with Crippen molar-refractivity contribution in [1.82, 2.24) is 32.4 Å². The van der Waals surface area contributed by atoms with Crippen molar-refractivity contribution in [2.75, 3.05) is 0 Å². The Balaban J connectivity index is 0.856. The number of hydrogen-bond donors (Lipinski definition) is 0. The number of nitrogens with zero attached hydrogens (tertiary/aromatic N) is 7. The van der Waals surface area contributed by atoms with E-state index in [9.17, 15) is 0 Å². The summed E-state index contributed by atoms with van der Waals surface area (Å²) in [6.45, 7) is 0. The summed E-state index contributed by atoms with van der Waals surface area (Å²) in [6.07, 6.45) is -1.17. The molecular formula is C84H50F3N7. The smallest absolute Gasteiger partial charge is 0.309 e. The zero-order chi connectivity index (χ0) is 62.1. The lowest BCUT2D eigenvalue weighted by molar-refractivity contribution is -0.137. The zero-order valence-corrected chi connectivity index (χ0v) is 50.1. The first-order chi connectivity index (χ1) is 46.3. The molecule has 0 bridgehead atoms. The van der Waals surface area contributed by atoms with Gasteiger partial charge in [-0.05, 0) is 146 Å². The first-order valence-corrected chi connectivity index (χ1v) is 31.6. The van der Waals surface area contributed by atoms with Crippen LogP contribution in [0.1, 0.15) is 5.56 Å². The Morgan fingerprint density at radius 2 is 0.489 bits per heavy atom. The highest BCUT2D eigenvalue weighted by Crippen LogP contribution is 2.47. The molecule has 7 aromatic heterocycles. The molecule has 0 atom stereocenters. The maximum Gasteiger partial charge on any atom is 0.416 e. The minimum atomic E-state index is -4.67. The lowest BCUT2D eigenvalue weighted by Gasteiger charge is -2.20. The predicted molar refractivity (Wildman–Crippen MR) is 381 cm³/mol. The van der Waals surface area contributed by atoms with Crippen molar-refractivity contribution in [3.8, 4) is 45.3 Å². The molecule has 0 aliphatic heterocycles. The molecule has 0 N–H and O–H groups in total. The van der Waals surface area contributed by atoms with E-state index in [1.165, 1.54) is 12.1 Å². The number of aromatic nitrogens is 7. The van der Waals surface area contributed by atoms with Gasteiger partial charge < -0.3 is 27.4 Å². The molecule has 0 aliphatic carbocycles. The fourth-order valence-corrected chi connectivity index (χ4v) is 15.8. The topological polar surface area (TPSA) is 42.5 Å². The van der Waals surface area contributed by atoms with Crippen LogP contribution in [-0.2, 0) is 6.18 Å². The van der Waals surface area contributed by atoms with E-state index in [2.05, 4.69) is 294 Å². The average Bonchev–Trinajstić information content (AvgIpc) is 1.56. The zero-order valence-electron chi connectivity index (χ0n) is 50.1. The average molecular weight is 1210 g/mol. The maximum absolute atomic E-state index is 15.7. The van der Waals surface area contributed by atoms with Crippen molar-refractivity contribution in [3.63, 3.8) is 0 Å². The third-order valence-electron chi connectivity index (χ3n) is 19.7. The molecule has 94 heavy (non-hydrogen) atoms. The highest BCUT2D eigenvalue weighted by atomic mass is 19.4. The van der Waals surface area contributed by atoms with Gasteiger partial charge in [-0.1, -0.05) is 146 Å². The first-order valence-electron chi connectivity index (χ1n) is 31.6. The Morgan fingerprint density at radius 3 is 0.777 bits per heavy atom. The second-order valence-corrected chi connectivity index (χ2v) is 24.6. The van der Waals surface area contributed by atoms with E-state index in [1.54, 1.807) is 12.3 Å². The van der Waals surface area contributed by atoms with Gasteiger partial charge in [-0.25, -0.2) is 0 Å². The van der Waals surface area contributed by atoms with Gasteiger partial charge in [0.05, 0.1) is 89.3 Å². The summed E-state index contributed by atoms with van der Waals surface area (Å²) in [5.41, 5.74) is 17.3. The Hall–Kier alpha value is -12.4. The third kappa shape index (κ3) is 7.41. The molecule has 20 rings (SSSR count). The van der Waals surface area contributed by atoms with Crippen molar-refractivity contribution >= 4 is 131 Å². The SMILES string of the molecule is FC(F)(F)c1ccc(-n2c3ccc(-n4c5ccccc5c5ccccc54)cc3c3cc(-n4c5ccccc5c5ccccc54)ccc32)c(-c2ccncc2-n2c3ccc(-n4c5ccccc5c5ccccc54)cc3c3cc(-n4c5ccccc5c5ccccc54)ccc32)c1. The molecule has 7 heterocycles. The summed E-state index contributed by atoms with van der Waals surface area (Å²) in [5, 5.41) is 13.0. The molecule has 0 unspecified atom stereocenters. The maximum atomic E-state index is 15.7. The summed E-state index contributed by atoms with van der Waals surface area (Å²) >= 11 is 0. The Labute approximate surface area is 534 Å². The highest BCUT2D eigenvalue weighted by molar-refractivity contribution is 6.17. The normalized spacial score (nSPS) is 12.4. The molecule has 0 spiro atoms. The minimum absolute atomic E-state index is 0.391. The lowest BCUT2D eigenvalue weighted by atomic mass is 9.99. The van der Waals surface area contributed by atoms with Crippen LogP contribution in [0.25, 0.3) is 176 Å². The second kappa shape index (κ2) is 19.6. The second-order valence-electron chi connectivity index (χ2n) is 24.6. The summed E-state index contributed by atoms with van der Waals surface area (Å²) in [6, 6.07) is 100. The number of pyridine rings is 1. The molecule has 7 nitrogen and oxygen atoms in total.